The van der Waals surface area contributed by atoms with Crippen LogP contribution >= 0.6 is 0 Å². The minimum atomic E-state index is -3.55. The van der Waals surface area contributed by atoms with Crippen molar-refractivity contribution in [1.82, 2.24) is 10.2 Å². The number of phenols is 1. The number of sulfonamides is 1. The molecule has 4 aromatic rings. The molecule has 4 N–H and O–H groups in total. The van der Waals surface area contributed by atoms with Crippen molar-refractivity contribution < 1.29 is 36.6 Å². The van der Waals surface area contributed by atoms with Gasteiger partial charge in [-0.25, -0.2) is 17.6 Å². The first kappa shape index (κ1) is 49.5. The summed E-state index contributed by atoms with van der Waals surface area (Å²) in [6.07, 6.45) is 9.96. The van der Waals surface area contributed by atoms with Crippen molar-refractivity contribution in [2.24, 2.45) is 0 Å². The number of carbonyl (C=O) groups excluding carboxylic acids is 1. The van der Waals surface area contributed by atoms with Gasteiger partial charge in [-0.1, -0.05) is 114 Å². The number of amides is 1. The van der Waals surface area contributed by atoms with Gasteiger partial charge in [0.25, 0.3) is 0 Å². The highest BCUT2D eigenvalue weighted by Gasteiger charge is 2.39. The molecule has 1 fully saturated rings. The van der Waals surface area contributed by atoms with Crippen molar-refractivity contribution >= 4 is 35.8 Å². The molecular weight excluding hydrogens is 836 g/mol. The molecule has 344 valence electrons. The molecule has 4 aromatic carbocycles. The summed E-state index contributed by atoms with van der Waals surface area (Å²) >= 11 is 0. The third kappa shape index (κ3) is 16.2. The van der Waals surface area contributed by atoms with Crippen LogP contribution in [-0.4, -0.2) is 77.9 Å². The highest BCUT2D eigenvalue weighted by atomic mass is 32.2. The molecule has 1 heterocycles. The molecule has 63 heavy (non-hydrogen) atoms. The predicted octanol–water partition coefficient (Wildman–Crippen LogP) is 11.2. The quantitative estimate of drug-likeness (QED) is 0.0423. The molecule has 0 bridgehead atoms. The van der Waals surface area contributed by atoms with Gasteiger partial charge in [0, 0.05) is 25.2 Å². The summed E-state index contributed by atoms with van der Waals surface area (Å²) in [5, 5.41) is 16.0. The Morgan fingerprint density at radius 3 is 2.22 bits per heavy atom. The van der Waals surface area contributed by atoms with E-state index in [9.17, 15) is 22.7 Å². The van der Waals surface area contributed by atoms with Crippen molar-refractivity contribution in [2.45, 2.75) is 116 Å². The van der Waals surface area contributed by atoms with Gasteiger partial charge in [0.15, 0.2) is 19.9 Å². The normalized spacial score (nSPS) is 14.6. The van der Waals surface area contributed by atoms with Crippen molar-refractivity contribution in [3.8, 4) is 22.6 Å². The summed E-state index contributed by atoms with van der Waals surface area (Å²) in [6, 6.07) is 26.8. The molecule has 0 saturated carbocycles. The van der Waals surface area contributed by atoms with Crippen LogP contribution in [0.4, 0.5) is 20.6 Å². The van der Waals surface area contributed by atoms with E-state index in [0.717, 1.165) is 75.7 Å². The molecule has 1 atom stereocenters. The SMILES string of the molecule is CC(C)(C)[Si](C)(C)O[C@@H](CNCCCCCCCCCN1CCC(OC(=O)Nc2ccccc2-c2ccc(O)c(F)c2)CC1)c1ccc(OCc2ccccc2)c(NS(C)(=O)=O)c1. The Labute approximate surface area is 376 Å². The number of hydrogen-bond donors (Lipinski definition) is 4. The van der Waals surface area contributed by atoms with Crippen LogP contribution < -0.4 is 20.1 Å². The molecular formula is C49H69FN4O7SSi. The van der Waals surface area contributed by atoms with E-state index in [1.165, 1.54) is 37.8 Å². The Morgan fingerprint density at radius 2 is 1.54 bits per heavy atom. The van der Waals surface area contributed by atoms with E-state index in [4.69, 9.17) is 13.9 Å². The molecule has 0 unspecified atom stereocenters. The number of likely N-dealkylation sites (tertiary alicyclic amines) is 1. The van der Waals surface area contributed by atoms with Crippen molar-refractivity contribution in [1.29, 1.82) is 0 Å². The molecule has 1 aliphatic rings. The van der Waals surface area contributed by atoms with E-state index in [1.807, 2.05) is 54.6 Å². The zero-order chi connectivity index (χ0) is 45.5. The third-order valence-electron chi connectivity index (χ3n) is 12.0. The molecule has 0 aromatic heterocycles. The summed E-state index contributed by atoms with van der Waals surface area (Å²) < 4.78 is 60.3. The van der Waals surface area contributed by atoms with E-state index in [-0.39, 0.29) is 17.2 Å². The van der Waals surface area contributed by atoms with E-state index in [0.29, 0.717) is 41.4 Å². The average Bonchev–Trinajstić information content (AvgIpc) is 3.23. The number of piperidine rings is 1. The van der Waals surface area contributed by atoms with Crippen LogP contribution in [0.1, 0.15) is 95.8 Å². The number of rotatable bonds is 23. The number of unbranched alkanes of at least 4 members (excludes halogenated alkanes) is 6. The Bertz CT molecular complexity index is 2160. The number of nitrogens with one attached hydrogen (secondary N) is 3. The lowest BCUT2D eigenvalue weighted by atomic mass is 10.0. The number of benzene rings is 4. The first-order valence-corrected chi connectivity index (χ1v) is 27.2. The molecule has 11 nitrogen and oxygen atoms in total. The Morgan fingerprint density at radius 1 is 0.873 bits per heavy atom. The summed E-state index contributed by atoms with van der Waals surface area (Å²) in [6.45, 7) is 15.8. The smallest absolute Gasteiger partial charge is 0.411 e. The molecule has 1 aliphatic heterocycles. The highest BCUT2D eigenvalue weighted by molar-refractivity contribution is 7.92. The number of anilines is 2. The Balaban J connectivity index is 0.980. The van der Waals surface area contributed by atoms with Gasteiger partial charge >= 0.3 is 6.09 Å². The first-order valence-electron chi connectivity index (χ1n) is 22.4. The van der Waals surface area contributed by atoms with Gasteiger partial charge in [-0.3, -0.25) is 10.0 Å². The average molecular weight is 905 g/mol. The molecule has 14 heteroatoms. The second kappa shape index (κ2) is 23.5. The van der Waals surface area contributed by atoms with Crippen LogP contribution in [-0.2, 0) is 25.8 Å². The predicted molar refractivity (Wildman–Crippen MR) is 255 cm³/mol. The van der Waals surface area contributed by atoms with Crippen LogP contribution in [0.5, 0.6) is 11.5 Å². The number of hydrogen-bond acceptors (Lipinski definition) is 9. The fourth-order valence-electron chi connectivity index (χ4n) is 7.41. The van der Waals surface area contributed by atoms with E-state index in [2.05, 4.69) is 54.1 Å². The standard InChI is InChI=1S/C49H69FN4O7SSi/c1-49(2,3)63(5,6)61-47(39-24-26-46(44(34-39)53-62(4,57)58)59-36-37-19-13-12-14-20-37)35-51-29-17-10-8-7-9-11-18-30-54-31-27-40(28-32-54)60-48(56)52-43-22-16-15-21-41(43)38-23-25-45(55)42(50)33-38/h12-16,19-26,33-34,40,47,51,53,55H,7-11,17-18,27-32,35-36H2,1-6H3,(H,52,56)/t47-/m0/s1. The van der Waals surface area contributed by atoms with Crippen LogP contribution in [0.25, 0.3) is 11.1 Å². The topological polar surface area (TPSA) is 138 Å². The highest BCUT2D eigenvalue weighted by Crippen LogP contribution is 2.41. The van der Waals surface area contributed by atoms with Crippen LogP contribution in [0.15, 0.2) is 91.0 Å². The zero-order valence-corrected chi connectivity index (χ0v) is 39.9. The van der Waals surface area contributed by atoms with Crippen molar-refractivity contribution in [3.05, 3.63) is 108 Å². The van der Waals surface area contributed by atoms with Crippen molar-refractivity contribution in [2.75, 3.05) is 49.0 Å². The van der Waals surface area contributed by atoms with Crippen LogP contribution in [0.2, 0.25) is 18.1 Å². The van der Waals surface area contributed by atoms with Crippen LogP contribution in [0, 0.1) is 5.82 Å². The van der Waals surface area contributed by atoms with Gasteiger partial charge in [0.05, 0.1) is 23.7 Å². The van der Waals surface area contributed by atoms with Gasteiger partial charge in [-0.2, -0.15) is 0 Å². The van der Waals surface area contributed by atoms with Crippen LogP contribution in [0.3, 0.4) is 0 Å². The number of halogens is 1. The molecule has 1 amide bonds. The fraction of sp³-hybridized carbons (Fsp3) is 0.490. The second-order valence-corrected chi connectivity index (χ2v) is 24.7. The number of aromatic hydroxyl groups is 1. The van der Waals surface area contributed by atoms with Gasteiger partial charge in [-0.15, -0.1) is 0 Å². The monoisotopic (exact) mass is 904 g/mol. The molecule has 0 aliphatic carbocycles. The zero-order valence-electron chi connectivity index (χ0n) is 38.1. The Kier molecular flexibility index (Phi) is 18.4. The van der Waals surface area contributed by atoms with Crippen molar-refractivity contribution in [3.63, 3.8) is 0 Å². The Hall–Kier alpha value is -4.47. The molecule has 0 spiro atoms. The third-order valence-corrected chi connectivity index (χ3v) is 17.1. The van der Waals surface area contributed by atoms with E-state index < -0.39 is 36.0 Å². The first-order chi connectivity index (χ1) is 30.0. The summed E-state index contributed by atoms with van der Waals surface area (Å²) in [4.78, 5) is 15.3. The maximum Gasteiger partial charge on any atom is 0.411 e. The number of para-hydroxylation sites is 1. The number of phenolic OH excluding ortho intramolecular Hbond substituents is 1. The number of ether oxygens (including phenoxy) is 2. The fourth-order valence-corrected chi connectivity index (χ4v) is 9.25. The van der Waals surface area contributed by atoms with Gasteiger partial charge in [-0.05, 0) is 104 Å². The minimum absolute atomic E-state index is 0.00106. The lowest BCUT2D eigenvalue weighted by Gasteiger charge is -2.39. The summed E-state index contributed by atoms with van der Waals surface area (Å²) in [5.41, 5.74) is 4.00. The van der Waals surface area contributed by atoms with Gasteiger partial charge < -0.3 is 29.2 Å². The van der Waals surface area contributed by atoms with E-state index >= 15 is 0 Å². The minimum Gasteiger partial charge on any atom is -0.505 e. The van der Waals surface area contributed by atoms with E-state index in [1.54, 1.807) is 24.3 Å². The largest absolute Gasteiger partial charge is 0.505 e. The lowest BCUT2D eigenvalue weighted by Crippen LogP contribution is -2.43. The number of nitrogens with zero attached hydrogens (tertiary/aromatic N) is 1. The number of carbonyl (C=O) groups is 1. The maximum atomic E-state index is 14.0. The lowest BCUT2D eigenvalue weighted by molar-refractivity contribution is 0.0584. The molecule has 1 saturated heterocycles. The maximum absolute atomic E-state index is 14.0. The molecule has 0 radical (unpaired) electrons. The summed E-state index contributed by atoms with van der Waals surface area (Å²) in [5.74, 6) is -0.673. The summed E-state index contributed by atoms with van der Waals surface area (Å²) in [7, 11) is -5.73. The van der Waals surface area contributed by atoms with Gasteiger partial charge in [0.2, 0.25) is 10.0 Å². The molecule has 5 rings (SSSR count). The second-order valence-electron chi connectivity index (χ2n) is 18.2. The van der Waals surface area contributed by atoms with Gasteiger partial charge in [0.1, 0.15) is 18.5 Å².